The van der Waals surface area contributed by atoms with E-state index in [1.807, 2.05) is 36.8 Å². The fraction of sp³-hybridized carbons (Fsp3) is 0.118. The Morgan fingerprint density at radius 3 is 2.70 bits per heavy atom. The molecule has 0 aliphatic carbocycles. The summed E-state index contributed by atoms with van der Waals surface area (Å²) in [5.41, 5.74) is 3.46. The summed E-state index contributed by atoms with van der Waals surface area (Å²) < 4.78 is 7.42. The van der Waals surface area contributed by atoms with Crippen LogP contribution in [0.3, 0.4) is 0 Å². The van der Waals surface area contributed by atoms with Gasteiger partial charge in [0.2, 0.25) is 0 Å². The SMILES string of the molecule is COc1cccc(-c2cncn2Cc2ccccc2)c1. The second-order valence-electron chi connectivity index (χ2n) is 4.62. The molecule has 3 aromatic rings. The smallest absolute Gasteiger partial charge is 0.119 e. The van der Waals surface area contributed by atoms with Gasteiger partial charge < -0.3 is 9.30 Å². The van der Waals surface area contributed by atoms with Crippen molar-refractivity contribution in [1.82, 2.24) is 9.55 Å². The lowest BCUT2D eigenvalue weighted by atomic mass is 10.1. The Morgan fingerprint density at radius 2 is 1.90 bits per heavy atom. The highest BCUT2D eigenvalue weighted by Gasteiger charge is 2.06. The van der Waals surface area contributed by atoms with E-state index in [2.05, 4.69) is 39.9 Å². The molecule has 0 aliphatic rings. The van der Waals surface area contributed by atoms with Crippen molar-refractivity contribution in [3.63, 3.8) is 0 Å². The number of aromatic nitrogens is 2. The van der Waals surface area contributed by atoms with Crippen LogP contribution in [0.25, 0.3) is 11.3 Å². The summed E-state index contributed by atoms with van der Waals surface area (Å²) >= 11 is 0. The van der Waals surface area contributed by atoms with E-state index in [4.69, 9.17) is 4.74 Å². The summed E-state index contributed by atoms with van der Waals surface area (Å²) in [5, 5.41) is 0. The Balaban J connectivity index is 1.93. The normalized spacial score (nSPS) is 10.4. The summed E-state index contributed by atoms with van der Waals surface area (Å²) in [7, 11) is 1.68. The zero-order valence-electron chi connectivity index (χ0n) is 11.4. The molecule has 100 valence electrons. The van der Waals surface area contributed by atoms with Crippen molar-refractivity contribution in [2.45, 2.75) is 6.54 Å². The molecule has 0 unspecified atom stereocenters. The zero-order valence-corrected chi connectivity index (χ0v) is 11.4. The molecule has 0 saturated carbocycles. The maximum atomic E-state index is 5.28. The maximum Gasteiger partial charge on any atom is 0.119 e. The molecule has 0 fully saturated rings. The van der Waals surface area contributed by atoms with Gasteiger partial charge in [-0.1, -0.05) is 42.5 Å². The highest BCUT2D eigenvalue weighted by atomic mass is 16.5. The molecule has 0 bridgehead atoms. The number of imidazole rings is 1. The summed E-state index contributed by atoms with van der Waals surface area (Å²) in [6.45, 7) is 0.813. The number of nitrogens with zero attached hydrogens (tertiary/aromatic N) is 2. The number of hydrogen-bond donors (Lipinski definition) is 0. The standard InChI is InChI=1S/C17H16N2O/c1-20-16-9-5-8-15(10-16)17-11-18-13-19(17)12-14-6-3-2-4-7-14/h2-11,13H,12H2,1H3. The van der Waals surface area contributed by atoms with Crippen LogP contribution < -0.4 is 4.74 Å². The van der Waals surface area contributed by atoms with Gasteiger partial charge in [0.25, 0.3) is 0 Å². The number of hydrogen-bond acceptors (Lipinski definition) is 2. The van der Waals surface area contributed by atoms with Gasteiger partial charge in [0.15, 0.2) is 0 Å². The van der Waals surface area contributed by atoms with E-state index >= 15 is 0 Å². The van der Waals surface area contributed by atoms with Crippen LogP contribution in [0, 0.1) is 0 Å². The van der Waals surface area contributed by atoms with Crippen LogP contribution in [0.2, 0.25) is 0 Å². The van der Waals surface area contributed by atoms with Crippen LogP contribution in [0.15, 0.2) is 67.1 Å². The summed E-state index contributed by atoms with van der Waals surface area (Å²) in [4.78, 5) is 4.27. The molecular formula is C17H16N2O. The first kappa shape index (κ1) is 12.5. The molecule has 0 saturated heterocycles. The van der Waals surface area contributed by atoms with Gasteiger partial charge in [0, 0.05) is 12.1 Å². The van der Waals surface area contributed by atoms with Crippen LogP contribution >= 0.6 is 0 Å². The Bertz CT molecular complexity index is 689. The second kappa shape index (κ2) is 5.61. The van der Waals surface area contributed by atoms with E-state index in [0.29, 0.717) is 0 Å². The van der Waals surface area contributed by atoms with Gasteiger partial charge in [-0.3, -0.25) is 0 Å². The lowest BCUT2D eigenvalue weighted by Gasteiger charge is -2.09. The fourth-order valence-electron chi connectivity index (χ4n) is 2.25. The summed E-state index contributed by atoms with van der Waals surface area (Å²) in [6.07, 6.45) is 3.75. The average Bonchev–Trinajstić information content (AvgIpc) is 2.96. The second-order valence-corrected chi connectivity index (χ2v) is 4.62. The first-order valence-electron chi connectivity index (χ1n) is 6.55. The van der Waals surface area contributed by atoms with E-state index in [0.717, 1.165) is 23.6 Å². The van der Waals surface area contributed by atoms with Crippen LogP contribution in [0.5, 0.6) is 5.75 Å². The van der Waals surface area contributed by atoms with Gasteiger partial charge in [-0.2, -0.15) is 0 Å². The number of methoxy groups -OCH3 is 1. The van der Waals surface area contributed by atoms with Crippen LogP contribution in [0.1, 0.15) is 5.56 Å². The summed E-state index contributed by atoms with van der Waals surface area (Å²) in [6, 6.07) is 18.4. The van der Waals surface area contributed by atoms with Crippen molar-refractivity contribution in [2.75, 3.05) is 7.11 Å². The maximum absolute atomic E-state index is 5.28. The van der Waals surface area contributed by atoms with Crippen LogP contribution in [-0.4, -0.2) is 16.7 Å². The van der Waals surface area contributed by atoms with E-state index in [9.17, 15) is 0 Å². The first-order valence-corrected chi connectivity index (χ1v) is 6.55. The molecule has 0 N–H and O–H groups in total. The van der Waals surface area contributed by atoms with E-state index < -0.39 is 0 Å². The number of rotatable bonds is 4. The monoisotopic (exact) mass is 264 g/mol. The Labute approximate surface area is 118 Å². The van der Waals surface area contributed by atoms with Gasteiger partial charge in [-0.15, -0.1) is 0 Å². The molecule has 3 nitrogen and oxygen atoms in total. The zero-order chi connectivity index (χ0) is 13.8. The largest absolute Gasteiger partial charge is 0.497 e. The summed E-state index contributed by atoms with van der Waals surface area (Å²) in [5.74, 6) is 0.856. The number of benzene rings is 2. The minimum absolute atomic E-state index is 0.813. The van der Waals surface area contributed by atoms with Gasteiger partial charge >= 0.3 is 0 Å². The molecule has 1 heterocycles. The van der Waals surface area contributed by atoms with Gasteiger partial charge in [0.1, 0.15) is 5.75 Å². The third-order valence-corrected chi connectivity index (χ3v) is 3.27. The average molecular weight is 264 g/mol. The predicted octanol–water partition coefficient (Wildman–Crippen LogP) is 3.61. The van der Waals surface area contributed by atoms with Gasteiger partial charge in [-0.05, 0) is 17.7 Å². The molecule has 3 rings (SSSR count). The molecule has 0 spiro atoms. The minimum atomic E-state index is 0.813. The highest BCUT2D eigenvalue weighted by Crippen LogP contribution is 2.24. The van der Waals surface area contributed by atoms with Gasteiger partial charge in [-0.25, -0.2) is 4.98 Å². The lowest BCUT2D eigenvalue weighted by molar-refractivity contribution is 0.415. The molecule has 0 amide bonds. The molecule has 3 heteroatoms. The van der Waals surface area contributed by atoms with Gasteiger partial charge in [0.05, 0.1) is 25.3 Å². The first-order chi connectivity index (χ1) is 9.86. The number of ether oxygens (including phenoxy) is 1. The van der Waals surface area contributed by atoms with Crippen LogP contribution in [0.4, 0.5) is 0 Å². The predicted molar refractivity (Wildman–Crippen MR) is 79.8 cm³/mol. The molecule has 2 aromatic carbocycles. The van der Waals surface area contributed by atoms with E-state index in [1.54, 1.807) is 7.11 Å². The quantitative estimate of drug-likeness (QED) is 0.720. The minimum Gasteiger partial charge on any atom is -0.497 e. The molecule has 1 aromatic heterocycles. The Hall–Kier alpha value is -2.55. The van der Waals surface area contributed by atoms with Crippen molar-refractivity contribution in [3.05, 3.63) is 72.7 Å². The van der Waals surface area contributed by atoms with E-state index in [1.165, 1.54) is 5.56 Å². The molecule has 0 aliphatic heterocycles. The van der Waals surface area contributed by atoms with E-state index in [-0.39, 0.29) is 0 Å². The molecular weight excluding hydrogens is 248 g/mol. The Morgan fingerprint density at radius 1 is 1.05 bits per heavy atom. The van der Waals surface area contributed by atoms with Crippen molar-refractivity contribution in [1.29, 1.82) is 0 Å². The van der Waals surface area contributed by atoms with Crippen molar-refractivity contribution in [3.8, 4) is 17.0 Å². The molecule has 20 heavy (non-hydrogen) atoms. The molecule has 0 radical (unpaired) electrons. The Kier molecular flexibility index (Phi) is 3.50. The fourth-order valence-corrected chi connectivity index (χ4v) is 2.25. The van der Waals surface area contributed by atoms with Crippen molar-refractivity contribution >= 4 is 0 Å². The van der Waals surface area contributed by atoms with Crippen molar-refractivity contribution in [2.24, 2.45) is 0 Å². The van der Waals surface area contributed by atoms with Crippen LogP contribution in [-0.2, 0) is 6.54 Å². The third-order valence-electron chi connectivity index (χ3n) is 3.27. The van der Waals surface area contributed by atoms with Crippen molar-refractivity contribution < 1.29 is 4.74 Å². The lowest BCUT2D eigenvalue weighted by Crippen LogP contribution is -2.00. The topological polar surface area (TPSA) is 27.1 Å². The highest BCUT2D eigenvalue weighted by molar-refractivity contribution is 5.61. The third kappa shape index (κ3) is 2.57. The molecule has 0 atom stereocenters.